The maximum absolute atomic E-state index is 12.9. The first-order valence-corrected chi connectivity index (χ1v) is 8.04. The Morgan fingerprint density at radius 3 is 2.36 bits per heavy atom. The van der Waals surface area contributed by atoms with Crippen molar-refractivity contribution in [3.63, 3.8) is 0 Å². The van der Waals surface area contributed by atoms with E-state index in [1.807, 2.05) is 0 Å². The van der Waals surface area contributed by atoms with Crippen LogP contribution in [0.3, 0.4) is 0 Å². The molecule has 0 spiro atoms. The quantitative estimate of drug-likeness (QED) is 0.650. The summed E-state index contributed by atoms with van der Waals surface area (Å²) in [7, 11) is 0. The number of benzene rings is 2. The van der Waals surface area contributed by atoms with E-state index in [1.54, 1.807) is 0 Å². The SMILES string of the molecule is O=C(Nc1ccc(C(F)(F)F)cc1)c1ncn(CC(O)c2ccc(F)cc2)n1. The van der Waals surface area contributed by atoms with Crippen molar-refractivity contribution in [2.45, 2.75) is 18.8 Å². The van der Waals surface area contributed by atoms with Crippen LogP contribution in [0.25, 0.3) is 0 Å². The molecule has 1 atom stereocenters. The van der Waals surface area contributed by atoms with E-state index < -0.39 is 29.6 Å². The minimum atomic E-state index is -4.46. The fourth-order valence-electron chi connectivity index (χ4n) is 2.38. The van der Waals surface area contributed by atoms with E-state index in [9.17, 15) is 27.5 Å². The van der Waals surface area contributed by atoms with Gasteiger partial charge in [-0.15, -0.1) is 5.10 Å². The van der Waals surface area contributed by atoms with Gasteiger partial charge in [0.15, 0.2) is 0 Å². The smallest absolute Gasteiger partial charge is 0.386 e. The van der Waals surface area contributed by atoms with Crippen molar-refractivity contribution in [1.82, 2.24) is 14.8 Å². The lowest BCUT2D eigenvalue weighted by Crippen LogP contribution is -2.15. The lowest BCUT2D eigenvalue weighted by atomic mass is 10.1. The van der Waals surface area contributed by atoms with Gasteiger partial charge in [-0.3, -0.25) is 4.79 Å². The number of aliphatic hydroxyl groups is 1. The van der Waals surface area contributed by atoms with E-state index in [0.29, 0.717) is 5.56 Å². The molecule has 0 saturated carbocycles. The first-order chi connectivity index (χ1) is 13.2. The summed E-state index contributed by atoms with van der Waals surface area (Å²) in [6.07, 6.45) is -4.23. The summed E-state index contributed by atoms with van der Waals surface area (Å²) < 4.78 is 51.8. The third-order valence-corrected chi connectivity index (χ3v) is 3.82. The fraction of sp³-hybridized carbons (Fsp3) is 0.167. The molecule has 0 saturated heterocycles. The number of anilines is 1. The molecule has 1 heterocycles. The van der Waals surface area contributed by atoms with Crippen LogP contribution in [0.2, 0.25) is 0 Å². The molecule has 146 valence electrons. The highest BCUT2D eigenvalue weighted by Crippen LogP contribution is 2.29. The summed E-state index contributed by atoms with van der Waals surface area (Å²) in [4.78, 5) is 15.9. The zero-order chi connectivity index (χ0) is 20.3. The van der Waals surface area contributed by atoms with Crippen molar-refractivity contribution in [3.05, 3.63) is 77.6 Å². The predicted octanol–water partition coefficient (Wildman–Crippen LogP) is 3.42. The Hall–Kier alpha value is -3.27. The van der Waals surface area contributed by atoms with E-state index in [1.165, 1.54) is 35.3 Å². The number of nitrogens with zero attached hydrogens (tertiary/aromatic N) is 3. The van der Waals surface area contributed by atoms with Gasteiger partial charge in [0.05, 0.1) is 18.2 Å². The molecule has 1 amide bonds. The van der Waals surface area contributed by atoms with Gasteiger partial charge in [-0.2, -0.15) is 13.2 Å². The maximum Gasteiger partial charge on any atom is 0.416 e. The molecule has 28 heavy (non-hydrogen) atoms. The van der Waals surface area contributed by atoms with Crippen LogP contribution in [0, 0.1) is 5.82 Å². The minimum Gasteiger partial charge on any atom is -0.386 e. The Kier molecular flexibility index (Phi) is 5.41. The number of amides is 1. The molecule has 2 N–H and O–H groups in total. The van der Waals surface area contributed by atoms with Crippen molar-refractivity contribution in [1.29, 1.82) is 0 Å². The van der Waals surface area contributed by atoms with Gasteiger partial charge in [0, 0.05) is 5.69 Å². The van der Waals surface area contributed by atoms with Crippen molar-refractivity contribution < 1.29 is 27.5 Å². The number of rotatable bonds is 5. The average molecular weight is 394 g/mol. The Morgan fingerprint density at radius 1 is 1.11 bits per heavy atom. The molecule has 0 fully saturated rings. The second-order valence-electron chi connectivity index (χ2n) is 5.89. The monoisotopic (exact) mass is 394 g/mol. The van der Waals surface area contributed by atoms with Gasteiger partial charge < -0.3 is 10.4 Å². The number of hydrogen-bond acceptors (Lipinski definition) is 4. The molecule has 0 radical (unpaired) electrons. The fourth-order valence-corrected chi connectivity index (χ4v) is 2.38. The zero-order valence-electron chi connectivity index (χ0n) is 14.2. The van der Waals surface area contributed by atoms with Crippen molar-refractivity contribution in [2.24, 2.45) is 0 Å². The second-order valence-corrected chi connectivity index (χ2v) is 5.89. The molecule has 0 aliphatic carbocycles. The standard InChI is InChI=1S/C18H14F4N4O2/c19-13-5-1-11(2-6-13)15(27)9-26-10-23-16(25-26)17(28)24-14-7-3-12(4-8-14)18(20,21)22/h1-8,10,15,27H,9H2,(H,24,28). The molecule has 0 aliphatic rings. The number of carbonyl (C=O) groups is 1. The van der Waals surface area contributed by atoms with Crippen LogP contribution in [0.1, 0.15) is 27.8 Å². The van der Waals surface area contributed by atoms with E-state index in [4.69, 9.17) is 0 Å². The number of carbonyl (C=O) groups excluding carboxylic acids is 1. The molecular formula is C18H14F4N4O2. The predicted molar refractivity (Wildman–Crippen MR) is 90.8 cm³/mol. The molecule has 3 rings (SSSR count). The number of hydrogen-bond donors (Lipinski definition) is 2. The van der Waals surface area contributed by atoms with E-state index in [0.717, 1.165) is 24.3 Å². The van der Waals surface area contributed by atoms with Gasteiger partial charge in [-0.25, -0.2) is 14.1 Å². The van der Waals surface area contributed by atoms with E-state index in [-0.39, 0.29) is 18.1 Å². The Labute approximate surface area is 156 Å². The largest absolute Gasteiger partial charge is 0.416 e. The summed E-state index contributed by atoms with van der Waals surface area (Å²) in [5, 5.41) is 16.5. The molecule has 1 aromatic heterocycles. The Morgan fingerprint density at radius 2 is 1.75 bits per heavy atom. The summed E-state index contributed by atoms with van der Waals surface area (Å²) in [6, 6.07) is 9.21. The van der Waals surface area contributed by atoms with Gasteiger partial charge in [0.25, 0.3) is 5.91 Å². The Bertz CT molecular complexity index is 953. The summed E-state index contributed by atoms with van der Waals surface area (Å²) >= 11 is 0. The zero-order valence-corrected chi connectivity index (χ0v) is 14.2. The van der Waals surface area contributed by atoms with Crippen LogP contribution in [0.15, 0.2) is 54.9 Å². The second kappa shape index (κ2) is 7.77. The number of nitrogens with one attached hydrogen (secondary N) is 1. The van der Waals surface area contributed by atoms with Crippen molar-refractivity contribution in [3.8, 4) is 0 Å². The first kappa shape index (κ1) is 19.5. The highest BCUT2D eigenvalue weighted by molar-refractivity contribution is 6.01. The highest BCUT2D eigenvalue weighted by atomic mass is 19.4. The van der Waals surface area contributed by atoms with Gasteiger partial charge in [0.2, 0.25) is 5.82 Å². The molecule has 6 nitrogen and oxygen atoms in total. The number of aromatic nitrogens is 3. The average Bonchev–Trinajstić information content (AvgIpc) is 3.10. The van der Waals surface area contributed by atoms with E-state index >= 15 is 0 Å². The summed E-state index contributed by atoms with van der Waals surface area (Å²) in [6.45, 7) is -0.0216. The van der Waals surface area contributed by atoms with Gasteiger partial charge in [-0.05, 0) is 42.0 Å². The lowest BCUT2D eigenvalue weighted by molar-refractivity contribution is -0.137. The summed E-state index contributed by atoms with van der Waals surface area (Å²) in [5.41, 5.74) is -0.212. The third kappa shape index (κ3) is 4.71. The van der Waals surface area contributed by atoms with Crippen molar-refractivity contribution >= 4 is 11.6 Å². The molecule has 2 aromatic carbocycles. The van der Waals surface area contributed by atoms with Crippen LogP contribution in [-0.2, 0) is 12.7 Å². The van der Waals surface area contributed by atoms with Gasteiger partial charge in [-0.1, -0.05) is 12.1 Å². The van der Waals surface area contributed by atoms with Crippen LogP contribution >= 0.6 is 0 Å². The molecule has 0 aliphatic heterocycles. The highest BCUT2D eigenvalue weighted by Gasteiger charge is 2.30. The molecule has 1 unspecified atom stereocenters. The van der Waals surface area contributed by atoms with Crippen LogP contribution in [0.5, 0.6) is 0 Å². The van der Waals surface area contributed by atoms with Gasteiger partial charge in [0.1, 0.15) is 12.1 Å². The minimum absolute atomic E-state index is 0.0216. The molecule has 0 bridgehead atoms. The summed E-state index contributed by atoms with van der Waals surface area (Å²) in [5.74, 6) is -1.36. The van der Waals surface area contributed by atoms with Crippen LogP contribution in [-0.4, -0.2) is 25.8 Å². The van der Waals surface area contributed by atoms with Gasteiger partial charge >= 0.3 is 6.18 Å². The Balaban J connectivity index is 1.63. The first-order valence-electron chi connectivity index (χ1n) is 8.04. The number of halogens is 4. The normalized spacial score (nSPS) is 12.6. The third-order valence-electron chi connectivity index (χ3n) is 3.82. The van der Waals surface area contributed by atoms with E-state index in [2.05, 4.69) is 15.4 Å². The van der Waals surface area contributed by atoms with Crippen LogP contribution in [0.4, 0.5) is 23.2 Å². The van der Waals surface area contributed by atoms with Crippen molar-refractivity contribution in [2.75, 3.05) is 5.32 Å². The topological polar surface area (TPSA) is 80.0 Å². The maximum atomic E-state index is 12.9. The number of aliphatic hydroxyl groups excluding tert-OH is 1. The molecular weight excluding hydrogens is 380 g/mol. The lowest BCUT2D eigenvalue weighted by Gasteiger charge is -2.10. The molecule has 10 heteroatoms. The number of alkyl halides is 3. The van der Waals surface area contributed by atoms with Crippen LogP contribution < -0.4 is 5.32 Å². The molecule has 3 aromatic rings.